The van der Waals surface area contributed by atoms with E-state index in [2.05, 4.69) is 10.6 Å². The molecular weight excluding hydrogens is 302 g/mol. The summed E-state index contributed by atoms with van der Waals surface area (Å²) < 4.78 is 0. The molecular formula is C16H12ClN3O2. The molecule has 0 aliphatic carbocycles. The van der Waals surface area contributed by atoms with Gasteiger partial charge in [0, 0.05) is 16.4 Å². The third-order valence-corrected chi connectivity index (χ3v) is 2.96. The summed E-state index contributed by atoms with van der Waals surface area (Å²) >= 11 is 5.81. The molecule has 5 nitrogen and oxygen atoms in total. The van der Waals surface area contributed by atoms with Crippen LogP contribution in [-0.2, 0) is 9.59 Å². The number of nitriles is 1. The first-order valence-electron chi connectivity index (χ1n) is 6.42. The monoisotopic (exact) mass is 313 g/mol. The van der Waals surface area contributed by atoms with Gasteiger partial charge in [-0.05, 0) is 42.5 Å². The van der Waals surface area contributed by atoms with E-state index in [1.165, 1.54) is 0 Å². The van der Waals surface area contributed by atoms with Crippen LogP contribution in [0.5, 0.6) is 0 Å². The Hall–Kier alpha value is -2.84. The minimum atomic E-state index is -0.441. The van der Waals surface area contributed by atoms with Crippen molar-refractivity contribution in [3.63, 3.8) is 0 Å². The van der Waals surface area contributed by atoms with Gasteiger partial charge in [0.2, 0.25) is 11.8 Å². The van der Waals surface area contributed by atoms with E-state index in [1.807, 2.05) is 6.07 Å². The molecule has 2 amide bonds. The number of amides is 2. The molecule has 0 aromatic heterocycles. The van der Waals surface area contributed by atoms with Crippen LogP contribution in [0.4, 0.5) is 11.4 Å². The lowest BCUT2D eigenvalue weighted by molar-refractivity contribution is -0.123. The lowest BCUT2D eigenvalue weighted by Crippen LogP contribution is -2.21. The number of benzene rings is 2. The summed E-state index contributed by atoms with van der Waals surface area (Å²) in [6.07, 6.45) is -0.313. The standard InChI is InChI=1S/C16H12ClN3O2/c17-12-2-1-3-14(8-12)20-16(22)9-15(21)19-13-6-4-11(10-18)5-7-13/h1-8H,9H2,(H,19,21)(H,20,22). The van der Waals surface area contributed by atoms with Crippen LogP contribution in [0.25, 0.3) is 0 Å². The molecule has 0 saturated carbocycles. The van der Waals surface area contributed by atoms with Crippen molar-refractivity contribution in [2.24, 2.45) is 0 Å². The Morgan fingerprint density at radius 1 is 1.00 bits per heavy atom. The fourth-order valence-electron chi connectivity index (χ4n) is 1.75. The molecule has 6 heteroatoms. The Kier molecular flexibility index (Phi) is 5.12. The molecule has 0 atom stereocenters. The van der Waals surface area contributed by atoms with Crippen molar-refractivity contribution in [2.75, 3.05) is 10.6 Å². The summed E-state index contributed by atoms with van der Waals surface area (Å²) in [6.45, 7) is 0. The van der Waals surface area contributed by atoms with Gasteiger partial charge in [0.05, 0.1) is 11.6 Å². The van der Waals surface area contributed by atoms with Gasteiger partial charge in [0.25, 0.3) is 0 Å². The highest BCUT2D eigenvalue weighted by molar-refractivity contribution is 6.30. The Bertz CT molecular complexity index is 736. The van der Waals surface area contributed by atoms with Crippen LogP contribution in [0.15, 0.2) is 48.5 Å². The smallest absolute Gasteiger partial charge is 0.233 e. The van der Waals surface area contributed by atoms with Crippen molar-refractivity contribution >= 4 is 34.8 Å². The van der Waals surface area contributed by atoms with E-state index < -0.39 is 11.8 Å². The minimum Gasteiger partial charge on any atom is -0.326 e. The zero-order valence-electron chi connectivity index (χ0n) is 11.5. The highest BCUT2D eigenvalue weighted by Crippen LogP contribution is 2.15. The van der Waals surface area contributed by atoms with E-state index in [0.717, 1.165) is 0 Å². The van der Waals surface area contributed by atoms with E-state index in [4.69, 9.17) is 16.9 Å². The van der Waals surface area contributed by atoms with Gasteiger partial charge in [-0.2, -0.15) is 5.26 Å². The molecule has 2 aromatic rings. The Labute approximate surface area is 132 Å². The third kappa shape index (κ3) is 4.62. The predicted molar refractivity (Wildman–Crippen MR) is 84.5 cm³/mol. The molecule has 0 saturated heterocycles. The topological polar surface area (TPSA) is 82.0 Å². The third-order valence-electron chi connectivity index (χ3n) is 2.73. The molecule has 0 radical (unpaired) electrons. The second kappa shape index (κ2) is 7.25. The largest absolute Gasteiger partial charge is 0.326 e. The zero-order valence-corrected chi connectivity index (χ0v) is 12.2. The molecule has 0 unspecified atom stereocenters. The van der Waals surface area contributed by atoms with Crippen LogP contribution in [0.2, 0.25) is 5.02 Å². The van der Waals surface area contributed by atoms with Gasteiger partial charge >= 0.3 is 0 Å². The van der Waals surface area contributed by atoms with Crippen molar-refractivity contribution < 1.29 is 9.59 Å². The molecule has 2 aromatic carbocycles. The molecule has 2 N–H and O–H groups in total. The van der Waals surface area contributed by atoms with E-state index in [1.54, 1.807) is 48.5 Å². The maximum absolute atomic E-state index is 11.8. The number of hydrogen-bond donors (Lipinski definition) is 2. The molecule has 0 spiro atoms. The highest BCUT2D eigenvalue weighted by Gasteiger charge is 2.10. The molecule has 2 rings (SSSR count). The number of carbonyl (C=O) groups is 2. The number of rotatable bonds is 4. The van der Waals surface area contributed by atoms with Gasteiger partial charge in [-0.1, -0.05) is 17.7 Å². The number of halogens is 1. The number of hydrogen-bond acceptors (Lipinski definition) is 3. The van der Waals surface area contributed by atoms with E-state index >= 15 is 0 Å². The summed E-state index contributed by atoms with van der Waals surface area (Å²) in [5, 5.41) is 14.4. The van der Waals surface area contributed by atoms with Gasteiger partial charge in [-0.25, -0.2) is 0 Å². The summed E-state index contributed by atoms with van der Waals surface area (Å²) in [7, 11) is 0. The fourth-order valence-corrected chi connectivity index (χ4v) is 1.94. The molecule has 0 fully saturated rings. The second-order valence-corrected chi connectivity index (χ2v) is 4.91. The van der Waals surface area contributed by atoms with Gasteiger partial charge in [0.15, 0.2) is 0 Å². The molecule has 0 bridgehead atoms. The lowest BCUT2D eigenvalue weighted by Gasteiger charge is -2.07. The molecule has 0 aliphatic rings. The number of anilines is 2. The maximum atomic E-state index is 11.8. The highest BCUT2D eigenvalue weighted by atomic mass is 35.5. The average molecular weight is 314 g/mol. The Morgan fingerprint density at radius 3 is 2.23 bits per heavy atom. The lowest BCUT2D eigenvalue weighted by atomic mass is 10.2. The van der Waals surface area contributed by atoms with E-state index in [0.29, 0.717) is 22.0 Å². The first kappa shape index (κ1) is 15.5. The van der Waals surface area contributed by atoms with Crippen LogP contribution >= 0.6 is 11.6 Å². The summed E-state index contributed by atoms with van der Waals surface area (Å²) in [5.74, 6) is -0.877. The second-order valence-electron chi connectivity index (χ2n) is 4.47. The summed E-state index contributed by atoms with van der Waals surface area (Å²) in [6, 6.07) is 15.0. The van der Waals surface area contributed by atoms with Crippen LogP contribution < -0.4 is 10.6 Å². The summed E-state index contributed by atoms with van der Waals surface area (Å²) in [5.41, 5.74) is 1.56. The van der Waals surface area contributed by atoms with Gasteiger partial charge in [-0.3, -0.25) is 9.59 Å². The quantitative estimate of drug-likeness (QED) is 0.850. The van der Waals surface area contributed by atoms with Crippen LogP contribution in [0.1, 0.15) is 12.0 Å². The van der Waals surface area contributed by atoms with Gasteiger partial charge in [0.1, 0.15) is 6.42 Å². The van der Waals surface area contributed by atoms with E-state index in [9.17, 15) is 9.59 Å². The van der Waals surface area contributed by atoms with Crippen molar-refractivity contribution in [3.05, 3.63) is 59.1 Å². The first-order chi connectivity index (χ1) is 10.6. The fraction of sp³-hybridized carbons (Fsp3) is 0.0625. The number of nitrogens with zero attached hydrogens (tertiary/aromatic N) is 1. The predicted octanol–water partition coefficient (Wildman–Crippen LogP) is 3.18. The van der Waals surface area contributed by atoms with Crippen LogP contribution in [0, 0.1) is 11.3 Å². The van der Waals surface area contributed by atoms with Crippen molar-refractivity contribution in [3.8, 4) is 6.07 Å². The number of nitrogens with one attached hydrogen (secondary N) is 2. The normalized spacial score (nSPS) is 9.64. The maximum Gasteiger partial charge on any atom is 0.233 e. The van der Waals surface area contributed by atoms with Crippen LogP contribution in [-0.4, -0.2) is 11.8 Å². The average Bonchev–Trinajstić information content (AvgIpc) is 2.47. The van der Waals surface area contributed by atoms with Crippen molar-refractivity contribution in [1.29, 1.82) is 5.26 Å². The van der Waals surface area contributed by atoms with E-state index in [-0.39, 0.29) is 6.42 Å². The molecule has 0 heterocycles. The minimum absolute atomic E-state index is 0.313. The molecule has 0 aliphatic heterocycles. The van der Waals surface area contributed by atoms with Gasteiger partial charge < -0.3 is 10.6 Å². The molecule has 110 valence electrons. The molecule has 22 heavy (non-hydrogen) atoms. The summed E-state index contributed by atoms with van der Waals surface area (Å²) in [4.78, 5) is 23.5. The number of carbonyl (C=O) groups excluding carboxylic acids is 2. The van der Waals surface area contributed by atoms with Crippen molar-refractivity contribution in [2.45, 2.75) is 6.42 Å². The van der Waals surface area contributed by atoms with Gasteiger partial charge in [-0.15, -0.1) is 0 Å². The van der Waals surface area contributed by atoms with Crippen LogP contribution in [0.3, 0.4) is 0 Å². The first-order valence-corrected chi connectivity index (χ1v) is 6.80. The Balaban J connectivity index is 1.88. The van der Waals surface area contributed by atoms with Crippen molar-refractivity contribution in [1.82, 2.24) is 0 Å². The zero-order chi connectivity index (χ0) is 15.9. The SMILES string of the molecule is N#Cc1ccc(NC(=O)CC(=O)Nc2cccc(Cl)c2)cc1. The Morgan fingerprint density at radius 2 is 1.64 bits per heavy atom.